The summed E-state index contributed by atoms with van der Waals surface area (Å²) in [6.45, 7) is 2.90. The molecule has 0 aliphatic heterocycles. The second-order valence-corrected chi connectivity index (χ2v) is 5.27. The molecule has 100 valence electrons. The Balaban J connectivity index is 2.03. The van der Waals surface area contributed by atoms with Gasteiger partial charge in [-0.05, 0) is 40.5 Å². The van der Waals surface area contributed by atoms with Crippen LogP contribution >= 0.6 is 15.9 Å². The molecule has 1 atom stereocenters. The SMILES string of the molecule is COc1ccccc1C(C)NCc1cncc(Br)c1. The fraction of sp³-hybridized carbons (Fsp3) is 0.267. The smallest absolute Gasteiger partial charge is 0.123 e. The fourth-order valence-electron chi connectivity index (χ4n) is 1.96. The molecule has 3 nitrogen and oxygen atoms in total. The van der Waals surface area contributed by atoms with Crippen molar-refractivity contribution in [1.82, 2.24) is 10.3 Å². The Morgan fingerprint density at radius 3 is 2.84 bits per heavy atom. The van der Waals surface area contributed by atoms with Crippen molar-refractivity contribution in [1.29, 1.82) is 0 Å². The fourth-order valence-corrected chi connectivity index (χ4v) is 2.37. The van der Waals surface area contributed by atoms with E-state index in [-0.39, 0.29) is 6.04 Å². The summed E-state index contributed by atoms with van der Waals surface area (Å²) in [5, 5.41) is 3.48. The van der Waals surface area contributed by atoms with Crippen molar-refractivity contribution >= 4 is 15.9 Å². The highest BCUT2D eigenvalue weighted by Gasteiger charge is 2.10. The highest BCUT2D eigenvalue weighted by molar-refractivity contribution is 9.10. The summed E-state index contributed by atoms with van der Waals surface area (Å²) in [5.41, 5.74) is 2.31. The van der Waals surface area contributed by atoms with Crippen molar-refractivity contribution in [3.8, 4) is 5.75 Å². The van der Waals surface area contributed by atoms with E-state index in [1.807, 2.05) is 24.4 Å². The maximum Gasteiger partial charge on any atom is 0.123 e. The quantitative estimate of drug-likeness (QED) is 0.912. The van der Waals surface area contributed by atoms with Crippen molar-refractivity contribution < 1.29 is 4.74 Å². The second-order valence-electron chi connectivity index (χ2n) is 4.36. The normalized spacial score (nSPS) is 12.2. The maximum atomic E-state index is 5.38. The largest absolute Gasteiger partial charge is 0.496 e. The zero-order valence-corrected chi connectivity index (χ0v) is 12.6. The summed E-state index contributed by atoms with van der Waals surface area (Å²) < 4.78 is 6.37. The van der Waals surface area contributed by atoms with Gasteiger partial charge in [-0.2, -0.15) is 0 Å². The molecule has 0 bridgehead atoms. The Bertz CT molecular complexity index is 545. The maximum absolute atomic E-state index is 5.38. The van der Waals surface area contributed by atoms with Gasteiger partial charge in [-0.1, -0.05) is 18.2 Å². The van der Waals surface area contributed by atoms with E-state index in [1.165, 1.54) is 0 Å². The van der Waals surface area contributed by atoms with E-state index < -0.39 is 0 Å². The van der Waals surface area contributed by atoms with Crippen LogP contribution in [-0.4, -0.2) is 12.1 Å². The molecule has 0 spiro atoms. The number of halogens is 1. The molecule has 0 radical (unpaired) electrons. The number of hydrogen-bond donors (Lipinski definition) is 1. The van der Waals surface area contributed by atoms with E-state index >= 15 is 0 Å². The molecular weight excluding hydrogens is 304 g/mol. The topological polar surface area (TPSA) is 34.1 Å². The second kappa shape index (κ2) is 6.68. The highest BCUT2D eigenvalue weighted by Crippen LogP contribution is 2.24. The van der Waals surface area contributed by atoms with Crippen LogP contribution in [0.4, 0.5) is 0 Å². The Morgan fingerprint density at radius 1 is 1.32 bits per heavy atom. The molecule has 1 unspecified atom stereocenters. The van der Waals surface area contributed by atoms with Crippen LogP contribution in [-0.2, 0) is 6.54 Å². The van der Waals surface area contributed by atoms with Crippen LogP contribution in [0.5, 0.6) is 5.75 Å². The van der Waals surface area contributed by atoms with Crippen LogP contribution in [0.1, 0.15) is 24.1 Å². The zero-order chi connectivity index (χ0) is 13.7. The van der Waals surface area contributed by atoms with Gasteiger partial charge in [0, 0.05) is 35.0 Å². The average molecular weight is 321 g/mol. The summed E-state index contributed by atoms with van der Waals surface area (Å²) in [6, 6.07) is 10.3. The van der Waals surface area contributed by atoms with Gasteiger partial charge in [0.05, 0.1) is 7.11 Å². The lowest BCUT2D eigenvalue weighted by atomic mass is 10.1. The van der Waals surface area contributed by atoms with Crippen molar-refractivity contribution in [3.63, 3.8) is 0 Å². The van der Waals surface area contributed by atoms with Crippen LogP contribution in [0.2, 0.25) is 0 Å². The lowest BCUT2D eigenvalue weighted by Gasteiger charge is -2.17. The number of benzene rings is 1. The number of methoxy groups -OCH3 is 1. The number of ether oxygens (including phenoxy) is 1. The molecular formula is C15H17BrN2O. The van der Waals surface area contributed by atoms with Gasteiger partial charge in [-0.3, -0.25) is 4.98 Å². The van der Waals surface area contributed by atoms with Crippen LogP contribution in [0.3, 0.4) is 0 Å². The van der Waals surface area contributed by atoms with Gasteiger partial charge in [0.25, 0.3) is 0 Å². The first-order chi connectivity index (χ1) is 9.20. The van der Waals surface area contributed by atoms with Crippen molar-refractivity contribution in [2.75, 3.05) is 7.11 Å². The van der Waals surface area contributed by atoms with Gasteiger partial charge in [-0.15, -0.1) is 0 Å². The lowest BCUT2D eigenvalue weighted by Crippen LogP contribution is -2.18. The number of para-hydroxylation sites is 1. The number of aromatic nitrogens is 1. The average Bonchev–Trinajstić information content (AvgIpc) is 2.45. The summed E-state index contributed by atoms with van der Waals surface area (Å²) in [6.07, 6.45) is 3.65. The lowest BCUT2D eigenvalue weighted by molar-refractivity contribution is 0.401. The van der Waals surface area contributed by atoms with Gasteiger partial charge in [0.2, 0.25) is 0 Å². The molecule has 0 amide bonds. The van der Waals surface area contributed by atoms with Gasteiger partial charge < -0.3 is 10.1 Å². The Hall–Kier alpha value is -1.39. The zero-order valence-electron chi connectivity index (χ0n) is 11.1. The van der Waals surface area contributed by atoms with E-state index in [1.54, 1.807) is 13.3 Å². The molecule has 19 heavy (non-hydrogen) atoms. The third-order valence-electron chi connectivity index (χ3n) is 2.98. The first-order valence-corrected chi connectivity index (χ1v) is 6.95. The van der Waals surface area contributed by atoms with Crippen LogP contribution < -0.4 is 10.1 Å². The van der Waals surface area contributed by atoms with Gasteiger partial charge in [-0.25, -0.2) is 0 Å². The predicted molar refractivity (Wildman–Crippen MR) is 80.2 cm³/mol. The molecule has 0 fully saturated rings. The molecule has 1 aromatic carbocycles. The van der Waals surface area contributed by atoms with E-state index in [0.29, 0.717) is 0 Å². The molecule has 0 saturated heterocycles. The van der Waals surface area contributed by atoms with E-state index in [9.17, 15) is 0 Å². The number of nitrogens with one attached hydrogen (secondary N) is 1. The minimum Gasteiger partial charge on any atom is -0.496 e. The first kappa shape index (κ1) is 14.0. The van der Waals surface area contributed by atoms with E-state index in [0.717, 1.165) is 27.9 Å². The van der Waals surface area contributed by atoms with Crippen molar-refractivity contribution in [2.24, 2.45) is 0 Å². The third kappa shape index (κ3) is 3.78. The van der Waals surface area contributed by atoms with Gasteiger partial charge in [0.1, 0.15) is 5.75 Å². The summed E-state index contributed by atoms with van der Waals surface area (Å²) >= 11 is 3.43. The third-order valence-corrected chi connectivity index (χ3v) is 3.41. The number of pyridine rings is 1. The predicted octanol–water partition coefficient (Wildman–Crippen LogP) is 3.70. The van der Waals surface area contributed by atoms with Crippen molar-refractivity contribution in [2.45, 2.75) is 19.5 Å². The number of hydrogen-bond acceptors (Lipinski definition) is 3. The number of rotatable bonds is 5. The molecule has 4 heteroatoms. The van der Waals surface area contributed by atoms with E-state index in [2.05, 4.69) is 45.3 Å². The molecule has 1 N–H and O–H groups in total. The molecule has 2 aromatic rings. The van der Waals surface area contributed by atoms with Crippen molar-refractivity contribution in [3.05, 3.63) is 58.3 Å². The Morgan fingerprint density at radius 2 is 2.11 bits per heavy atom. The summed E-state index contributed by atoms with van der Waals surface area (Å²) in [7, 11) is 1.70. The monoisotopic (exact) mass is 320 g/mol. The number of nitrogens with zero attached hydrogens (tertiary/aromatic N) is 1. The minimum atomic E-state index is 0.218. The molecule has 0 aliphatic rings. The summed E-state index contributed by atoms with van der Waals surface area (Å²) in [5.74, 6) is 0.912. The van der Waals surface area contributed by atoms with Crippen LogP contribution in [0, 0.1) is 0 Å². The molecule has 1 heterocycles. The Kier molecular flexibility index (Phi) is 4.93. The first-order valence-electron chi connectivity index (χ1n) is 6.16. The molecule has 2 rings (SSSR count). The standard InChI is InChI=1S/C15H17BrN2O/c1-11(14-5-3-4-6-15(14)19-2)18-9-12-7-13(16)10-17-8-12/h3-8,10-11,18H,9H2,1-2H3. The molecule has 1 aromatic heterocycles. The van der Waals surface area contributed by atoms with Crippen LogP contribution in [0.15, 0.2) is 47.2 Å². The van der Waals surface area contributed by atoms with Crippen LogP contribution in [0.25, 0.3) is 0 Å². The summed E-state index contributed by atoms with van der Waals surface area (Å²) in [4.78, 5) is 4.16. The van der Waals surface area contributed by atoms with E-state index in [4.69, 9.17) is 4.74 Å². The molecule has 0 saturated carbocycles. The minimum absolute atomic E-state index is 0.218. The highest BCUT2D eigenvalue weighted by atomic mass is 79.9. The van der Waals surface area contributed by atoms with Gasteiger partial charge in [0.15, 0.2) is 0 Å². The Labute approximate surface area is 122 Å². The molecule has 0 aliphatic carbocycles. The van der Waals surface area contributed by atoms with Gasteiger partial charge >= 0.3 is 0 Å².